The van der Waals surface area contributed by atoms with Gasteiger partial charge in [-0.2, -0.15) is 0 Å². The van der Waals surface area contributed by atoms with E-state index in [1.165, 1.54) is 4.90 Å². The molecule has 0 radical (unpaired) electrons. The molecule has 0 saturated heterocycles. The van der Waals surface area contributed by atoms with Gasteiger partial charge in [0, 0.05) is 4.90 Å². The second kappa shape index (κ2) is 7.74. The zero-order valence-corrected chi connectivity index (χ0v) is 13.0. The molecule has 21 heavy (non-hydrogen) atoms. The number of nitrogens with one attached hydrogen (secondary N) is 1. The quantitative estimate of drug-likeness (QED) is 0.827. The van der Waals surface area contributed by atoms with Crippen LogP contribution in [0.15, 0.2) is 59.5 Å². The van der Waals surface area contributed by atoms with Crippen LogP contribution >= 0.6 is 11.8 Å². The Labute approximate surface area is 129 Å². The Bertz CT molecular complexity index is 569. The van der Waals surface area contributed by atoms with Crippen LogP contribution in [0.2, 0.25) is 0 Å². The minimum absolute atomic E-state index is 0.0250. The highest BCUT2D eigenvalue weighted by Crippen LogP contribution is 2.18. The molecule has 0 saturated carbocycles. The SMILES string of the molecule is CSc1ccc(C(C)NC(=O)COc2ccccc2)cc1. The molecule has 4 heteroatoms. The van der Waals surface area contributed by atoms with Crippen molar-refractivity contribution in [2.45, 2.75) is 17.9 Å². The van der Waals surface area contributed by atoms with Crippen molar-refractivity contribution in [2.24, 2.45) is 0 Å². The van der Waals surface area contributed by atoms with E-state index in [0.717, 1.165) is 5.56 Å². The number of hydrogen-bond donors (Lipinski definition) is 1. The number of carbonyl (C=O) groups is 1. The monoisotopic (exact) mass is 301 g/mol. The normalized spacial score (nSPS) is 11.7. The van der Waals surface area contributed by atoms with Crippen LogP contribution in [0.1, 0.15) is 18.5 Å². The van der Waals surface area contributed by atoms with Gasteiger partial charge in [0.05, 0.1) is 6.04 Å². The van der Waals surface area contributed by atoms with E-state index >= 15 is 0 Å². The standard InChI is InChI=1S/C17H19NO2S/c1-13(14-8-10-16(21-2)11-9-14)18-17(19)12-20-15-6-4-3-5-7-15/h3-11,13H,12H2,1-2H3,(H,18,19). The summed E-state index contributed by atoms with van der Waals surface area (Å²) in [6.45, 7) is 1.99. The van der Waals surface area contributed by atoms with Gasteiger partial charge in [0.25, 0.3) is 5.91 Å². The first-order chi connectivity index (χ1) is 10.2. The average molecular weight is 301 g/mol. The Hall–Kier alpha value is -1.94. The molecule has 3 nitrogen and oxygen atoms in total. The van der Waals surface area contributed by atoms with E-state index in [9.17, 15) is 4.79 Å². The summed E-state index contributed by atoms with van der Waals surface area (Å²) in [5.74, 6) is 0.574. The third-order valence-electron chi connectivity index (χ3n) is 3.11. The molecule has 1 N–H and O–H groups in total. The number of thioether (sulfide) groups is 1. The van der Waals surface area contributed by atoms with Gasteiger partial charge in [-0.25, -0.2) is 0 Å². The van der Waals surface area contributed by atoms with E-state index in [1.807, 2.05) is 55.6 Å². The van der Waals surface area contributed by atoms with E-state index in [-0.39, 0.29) is 18.6 Å². The third-order valence-corrected chi connectivity index (χ3v) is 3.85. The molecule has 2 aromatic rings. The molecule has 0 aliphatic carbocycles. The summed E-state index contributed by atoms with van der Waals surface area (Å²) in [6, 6.07) is 17.5. The molecule has 0 bridgehead atoms. The van der Waals surface area contributed by atoms with E-state index in [1.54, 1.807) is 11.8 Å². The topological polar surface area (TPSA) is 38.3 Å². The number of ether oxygens (including phenoxy) is 1. The molecule has 1 unspecified atom stereocenters. The summed E-state index contributed by atoms with van der Waals surface area (Å²) in [6.07, 6.45) is 2.04. The number of benzene rings is 2. The summed E-state index contributed by atoms with van der Waals surface area (Å²) >= 11 is 1.70. The van der Waals surface area contributed by atoms with Gasteiger partial charge in [0.2, 0.25) is 0 Å². The van der Waals surface area contributed by atoms with Gasteiger partial charge in [0.15, 0.2) is 6.61 Å². The predicted molar refractivity (Wildman–Crippen MR) is 86.7 cm³/mol. The van der Waals surface area contributed by atoms with Crippen molar-refractivity contribution in [3.63, 3.8) is 0 Å². The highest BCUT2D eigenvalue weighted by atomic mass is 32.2. The maximum atomic E-state index is 11.9. The van der Waals surface area contributed by atoms with Crippen LogP contribution in [0, 0.1) is 0 Å². The largest absolute Gasteiger partial charge is 0.484 e. The van der Waals surface area contributed by atoms with Crippen LogP contribution < -0.4 is 10.1 Å². The van der Waals surface area contributed by atoms with Crippen molar-refractivity contribution in [2.75, 3.05) is 12.9 Å². The average Bonchev–Trinajstić information content (AvgIpc) is 2.54. The van der Waals surface area contributed by atoms with Crippen molar-refractivity contribution in [1.29, 1.82) is 0 Å². The Morgan fingerprint density at radius 3 is 2.43 bits per heavy atom. The molecule has 1 amide bonds. The smallest absolute Gasteiger partial charge is 0.258 e. The molecule has 0 spiro atoms. The highest BCUT2D eigenvalue weighted by molar-refractivity contribution is 7.98. The first-order valence-electron chi connectivity index (χ1n) is 6.80. The lowest BCUT2D eigenvalue weighted by Gasteiger charge is -2.15. The summed E-state index contributed by atoms with van der Waals surface area (Å²) in [5.41, 5.74) is 1.08. The number of hydrogen-bond acceptors (Lipinski definition) is 3. The number of carbonyl (C=O) groups excluding carboxylic acids is 1. The minimum Gasteiger partial charge on any atom is -0.484 e. The van der Waals surface area contributed by atoms with E-state index < -0.39 is 0 Å². The molecular weight excluding hydrogens is 282 g/mol. The molecule has 2 rings (SSSR count). The van der Waals surface area contributed by atoms with Gasteiger partial charge in [-0.15, -0.1) is 11.8 Å². The van der Waals surface area contributed by atoms with Crippen LogP contribution in [0.25, 0.3) is 0 Å². The predicted octanol–water partition coefficient (Wildman–Crippen LogP) is 3.66. The summed E-state index contributed by atoms with van der Waals surface area (Å²) in [7, 11) is 0. The maximum Gasteiger partial charge on any atom is 0.258 e. The van der Waals surface area contributed by atoms with Crippen LogP contribution in [0.4, 0.5) is 0 Å². The van der Waals surface area contributed by atoms with Gasteiger partial charge in [-0.05, 0) is 43.0 Å². The summed E-state index contributed by atoms with van der Waals surface area (Å²) in [4.78, 5) is 13.1. The Kier molecular flexibility index (Phi) is 5.69. The van der Waals surface area contributed by atoms with E-state index in [2.05, 4.69) is 17.4 Å². The van der Waals surface area contributed by atoms with Gasteiger partial charge in [0.1, 0.15) is 5.75 Å². The fraction of sp³-hybridized carbons (Fsp3) is 0.235. The molecule has 0 fully saturated rings. The molecule has 1 atom stereocenters. The molecule has 0 aliphatic heterocycles. The molecular formula is C17H19NO2S. The molecule has 0 aliphatic rings. The van der Waals surface area contributed by atoms with Gasteiger partial charge >= 0.3 is 0 Å². The lowest BCUT2D eigenvalue weighted by Crippen LogP contribution is -2.31. The molecule has 110 valence electrons. The van der Waals surface area contributed by atoms with Crippen molar-refractivity contribution < 1.29 is 9.53 Å². The molecule has 2 aromatic carbocycles. The lowest BCUT2D eigenvalue weighted by atomic mass is 10.1. The Balaban J connectivity index is 1.83. The maximum absolute atomic E-state index is 11.9. The summed E-state index contributed by atoms with van der Waals surface area (Å²) in [5, 5.41) is 2.93. The highest BCUT2D eigenvalue weighted by Gasteiger charge is 2.10. The van der Waals surface area contributed by atoms with Crippen molar-refractivity contribution >= 4 is 17.7 Å². The lowest BCUT2D eigenvalue weighted by molar-refractivity contribution is -0.123. The van der Waals surface area contributed by atoms with Crippen molar-refractivity contribution in [1.82, 2.24) is 5.32 Å². The first kappa shape index (κ1) is 15.4. The van der Waals surface area contributed by atoms with Crippen LogP contribution in [-0.4, -0.2) is 18.8 Å². The van der Waals surface area contributed by atoms with E-state index in [4.69, 9.17) is 4.74 Å². The zero-order valence-electron chi connectivity index (χ0n) is 12.2. The number of rotatable bonds is 6. The zero-order chi connectivity index (χ0) is 15.1. The van der Waals surface area contributed by atoms with Crippen molar-refractivity contribution in [3.05, 3.63) is 60.2 Å². The minimum atomic E-state index is -0.125. The van der Waals surface area contributed by atoms with Crippen molar-refractivity contribution in [3.8, 4) is 5.75 Å². The summed E-state index contributed by atoms with van der Waals surface area (Å²) < 4.78 is 5.43. The van der Waals surface area contributed by atoms with Crippen LogP contribution in [-0.2, 0) is 4.79 Å². The third kappa shape index (κ3) is 4.83. The molecule has 0 heterocycles. The number of amides is 1. The van der Waals surface area contributed by atoms with Crippen LogP contribution in [0.3, 0.4) is 0 Å². The fourth-order valence-electron chi connectivity index (χ4n) is 1.92. The Morgan fingerprint density at radius 1 is 1.14 bits per heavy atom. The first-order valence-corrected chi connectivity index (χ1v) is 8.02. The van der Waals surface area contributed by atoms with Crippen LogP contribution in [0.5, 0.6) is 5.75 Å². The van der Waals surface area contributed by atoms with Gasteiger partial charge in [-0.1, -0.05) is 30.3 Å². The second-order valence-corrected chi connectivity index (χ2v) is 5.54. The van der Waals surface area contributed by atoms with Gasteiger partial charge in [-0.3, -0.25) is 4.79 Å². The van der Waals surface area contributed by atoms with E-state index in [0.29, 0.717) is 5.75 Å². The molecule has 0 aromatic heterocycles. The Morgan fingerprint density at radius 2 is 1.81 bits per heavy atom. The fourth-order valence-corrected chi connectivity index (χ4v) is 2.33. The van der Waals surface area contributed by atoms with Gasteiger partial charge < -0.3 is 10.1 Å². The second-order valence-electron chi connectivity index (χ2n) is 4.66. The number of para-hydroxylation sites is 1.